The first-order valence-electron chi connectivity index (χ1n) is 7.63. The molecule has 1 aliphatic rings. The van der Waals surface area contributed by atoms with Crippen molar-refractivity contribution in [3.63, 3.8) is 0 Å². The number of esters is 1. The van der Waals surface area contributed by atoms with Gasteiger partial charge in [-0.2, -0.15) is 0 Å². The van der Waals surface area contributed by atoms with Gasteiger partial charge in [0, 0.05) is 13.8 Å². The lowest BCUT2D eigenvalue weighted by atomic mass is 9.95. The predicted molar refractivity (Wildman–Crippen MR) is 85.5 cm³/mol. The second-order valence-corrected chi connectivity index (χ2v) is 6.06. The molecule has 2 aromatic rings. The molecule has 120 valence electrons. The van der Waals surface area contributed by atoms with Crippen molar-refractivity contribution < 1.29 is 19.0 Å². The Labute approximate surface area is 136 Å². The van der Waals surface area contributed by atoms with Gasteiger partial charge in [0.2, 0.25) is 11.4 Å². The summed E-state index contributed by atoms with van der Waals surface area (Å²) in [5, 5.41) is 0. The fourth-order valence-electron chi connectivity index (χ4n) is 2.73. The van der Waals surface area contributed by atoms with Crippen molar-refractivity contribution in [1.29, 1.82) is 0 Å². The van der Waals surface area contributed by atoms with Crippen molar-refractivity contribution in [2.24, 2.45) is 0 Å². The van der Waals surface area contributed by atoms with Gasteiger partial charge in [-0.15, -0.1) is 0 Å². The summed E-state index contributed by atoms with van der Waals surface area (Å²) in [5.41, 5.74) is 0.560. The maximum absolute atomic E-state index is 12.5. The first-order chi connectivity index (χ1) is 11.0. The van der Waals surface area contributed by atoms with Crippen LogP contribution in [0, 0.1) is 0 Å². The van der Waals surface area contributed by atoms with Gasteiger partial charge in [0.25, 0.3) is 0 Å². The highest BCUT2D eigenvalue weighted by Gasteiger charge is 2.55. The minimum absolute atomic E-state index is 0.105. The minimum Gasteiger partial charge on any atom is -0.431 e. The first-order valence-corrected chi connectivity index (χ1v) is 7.63. The second kappa shape index (κ2) is 6.14. The number of carbonyl (C=O) groups is 1. The summed E-state index contributed by atoms with van der Waals surface area (Å²) in [7, 11) is 0. The van der Waals surface area contributed by atoms with Gasteiger partial charge in [-0.05, 0) is 11.1 Å². The molecule has 1 heterocycles. The van der Waals surface area contributed by atoms with Crippen LogP contribution in [0.1, 0.15) is 25.0 Å². The smallest absolute Gasteiger partial charge is 0.348 e. The quantitative estimate of drug-likeness (QED) is 0.794. The molecule has 0 aliphatic carbocycles. The normalized spacial score (nSPS) is 22.8. The zero-order valence-electron chi connectivity index (χ0n) is 13.3. The maximum Gasteiger partial charge on any atom is 0.348 e. The van der Waals surface area contributed by atoms with Crippen molar-refractivity contribution >= 4 is 5.97 Å². The van der Waals surface area contributed by atoms with Crippen LogP contribution in [0.2, 0.25) is 0 Å². The van der Waals surface area contributed by atoms with Crippen LogP contribution < -0.4 is 0 Å². The summed E-state index contributed by atoms with van der Waals surface area (Å²) in [4.78, 5) is 12.5. The molecule has 1 aliphatic heterocycles. The molecule has 1 unspecified atom stereocenters. The van der Waals surface area contributed by atoms with Crippen molar-refractivity contribution in [3.05, 3.63) is 71.8 Å². The van der Waals surface area contributed by atoms with Crippen LogP contribution in [0.15, 0.2) is 60.7 Å². The average molecular weight is 312 g/mol. The molecule has 4 heteroatoms. The Bertz CT molecular complexity index is 666. The molecular formula is C19H20O4. The molecule has 0 aromatic heterocycles. The molecule has 2 aromatic carbocycles. The summed E-state index contributed by atoms with van der Waals surface area (Å²) in [6.07, 6.45) is 0. The summed E-state index contributed by atoms with van der Waals surface area (Å²) in [5.74, 6) is -1.38. The van der Waals surface area contributed by atoms with E-state index in [1.807, 2.05) is 60.7 Å². The highest BCUT2D eigenvalue weighted by molar-refractivity contribution is 5.83. The highest BCUT2D eigenvalue weighted by Crippen LogP contribution is 2.40. The lowest BCUT2D eigenvalue weighted by Crippen LogP contribution is -2.39. The minimum atomic E-state index is -1.22. The molecule has 1 fully saturated rings. The first kappa shape index (κ1) is 15.7. The Morgan fingerprint density at radius 3 is 2.13 bits per heavy atom. The van der Waals surface area contributed by atoms with E-state index in [9.17, 15) is 4.79 Å². The van der Waals surface area contributed by atoms with Gasteiger partial charge in [0.1, 0.15) is 0 Å². The lowest BCUT2D eigenvalue weighted by Gasteiger charge is -2.26. The van der Waals surface area contributed by atoms with Gasteiger partial charge in [-0.1, -0.05) is 60.7 Å². The zero-order chi connectivity index (χ0) is 16.3. The molecule has 0 radical (unpaired) electrons. The topological polar surface area (TPSA) is 44.8 Å². The fraction of sp³-hybridized carbons (Fsp3) is 0.316. The SMILES string of the molecule is CC1(C)OC(=O)C(COCc2ccccc2)(c2ccccc2)O1. The molecule has 1 saturated heterocycles. The molecule has 0 N–H and O–H groups in total. The number of carbonyl (C=O) groups excluding carboxylic acids is 1. The van der Waals surface area contributed by atoms with E-state index in [-0.39, 0.29) is 6.61 Å². The van der Waals surface area contributed by atoms with Crippen LogP contribution in [0.5, 0.6) is 0 Å². The Hall–Kier alpha value is -2.17. The number of ether oxygens (including phenoxy) is 3. The molecular weight excluding hydrogens is 292 g/mol. The molecule has 3 rings (SSSR count). The van der Waals surface area contributed by atoms with Gasteiger partial charge >= 0.3 is 5.97 Å². The van der Waals surface area contributed by atoms with Crippen molar-refractivity contribution in [1.82, 2.24) is 0 Å². The monoisotopic (exact) mass is 312 g/mol. The molecule has 23 heavy (non-hydrogen) atoms. The maximum atomic E-state index is 12.5. The molecule has 0 spiro atoms. The van der Waals surface area contributed by atoms with Crippen molar-refractivity contribution in [2.75, 3.05) is 6.61 Å². The standard InChI is InChI=1S/C19H20O4/c1-18(2)22-17(20)19(23-18,16-11-7-4-8-12-16)14-21-13-15-9-5-3-6-10-15/h3-12H,13-14H2,1-2H3. The lowest BCUT2D eigenvalue weighted by molar-refractivity contribution is -0.178. The van der Waals surface area contributed by atoms with Gasteiger partial charge in [-0.3, -0.25) is 0 Å². The Morgan fingerprint density at radius 2 is 1.57 bits per heavy atom. The van der Waals surface area contributed by atoms with Gasteiger partial charge < -0.3 is 14.2 Å². The summed E-state index contributed by atoms with van der Waals surface area (Å²) < 4.78 is 17.2. The third kappa shape index (κ3) is 3.28. The second-order valence-electron chi connectivity index (χ2n) is 6.06. The van der Waals surface area contributed by atoms with E-state index in [0.29, 0.717) is 6.61 Å². The van der Waals surface area contributed by atoms with Crippen LogP contribution in [-0.2, 0) is 31.2 Å². The van der Waals surface area contributed by atoms with Gasteiger partial charge in [0.15, 0.2) is 0 Å². The Morgan fingerprint density at radius 1 is 0.957 bits per heavy atom. The van der Waals surface area contributed by atoms with Gasteiger partial charge in [0.05, 0.1) is 13.2 Å². The van der Waals surface area contributed by atoms with Crippen LogP contribution in [0.4, 0.5) is 0 Å². The van der Waals surface area contributed by atoms with Crippen molar-refractivity contribution in [2.45, 2.75) is 31.8 Å². The van der Waals surface area contributed by atoms with E-state index >= 15 is 0 Å². The molecule has 4 nitrogen and oxygen atoms in total. The average Bonchev–Trinajstić information content (AvgIpc) is 2.79. The summed E-state index contributed by atoms with van der Waals surface area (Å²) in [6.45, 7) is 3.97. The number of hydrogen-bond donors (Lipinski definition) is 0. The predicted octanol–water partition coefficient (Wildman–Crippen LogP) is 3.41. The molecule has 0 amide bonds. The van der Waals surface area contributed by atoms with E-state index in [4.69, 9.17) is 14.2 Å². The van der Waals surface area contributed by atoms with Crippen molar-refractivity contribution in [3.8, 4) is 0 Å². The molecule has 1 atom stereocenters. The molecule has 0 bridgehead atoms. The van der Waals surface area contributed by atoms with Crippen LogP contribution >= 0.6 is 0 Å². The third-order valence-corrected chi connectivity index (χ3v) is 3.75. The van der Waals surface area contributed by atoms with Crippen LogP contribution in [0.25, 0.3) is 0 Å². The van der Waals surface area contributed by atoms with E-state index in [1.165, 1.54) is 0 Å². The Kier molecular flexibility index (Phi) is 4.20. The number of rotatable bonds is 5. The largest absolute Gasteiger partial charge is 0.431 e. The van der Waals surface area contributed by atoms with E-state index in [0.717, 1.165) is 11.1 Å². The van der Waals surface area contributed by atoms with E-state index in [1.54, 1.807) is 13.8 Å². The number of benzene rings is 2. The van der Waals surface area contributed by atoms with E-state index in [2.05, 4.69) is 0 Å². The van der Waals surface area contributed by atoms with E-state index < -0.39 is 17.4 Å². The zero-order valence-corrected chi connectivity index (χ0v) is 13.3. The fourth-order valence-corrected chi connectivity index (χ4v) is 2.73. The summed E-state index contributed by atoms with van der Waals surface area (Å²) >= 11 is 0. The van der Waals surface area contributed by atoms with Gasteiger partial charge in [-0.25, -0.2) is 4.79 Å². The van der Waals surface area contributed by atoms with Crippen LogP contribution in [0.3, 0.4) is 0 Å². The molecule has 0 saturated carbocycles. The van der Waals surface area contributed by atoms with Crippen LogP contribution in [-0.4, -0.2) is 18.4 Å². The number of hydrogen-bond acceptors (Lipinski definition) is 4. The highest BCUT2D eigenvalue weighted by atomic mass is 16.8. The summed E-state index contributed by atoms with van der Waals surface area (Å²) in [6, 6.07) is 19.2. The Balaban J connectivity index is 1.81. The third-order valence-electron chi connectivity index (χ3n) is 3.75. The number of cyclic esters (lactones) is 1.